The van der Waals surface area contributed by atoms with Crippen molar-refractivity contribution in [2.24, 2.45) is 0 Å². The van der Waals surface area contributed by atoms with Crippen LogP contribution < -0.4 is 5.73 Å². The highest BCUT2D eigenvalue weighted by Gasteiger charge is 2.16. The first kappa shape index (κ1) is 12.6. The fraction of sp³-hybridized carbons (Fsp3) is 0.214. The van der Waals surface area contributed by atoms with E-state index in [1.165, 1.54) is 6.33 Å². The van der Waals surface area contributed by atoms with Gasteiger partial charge in [-0.25, -0.2) is 14.6 Å². The monoisotopic (exact) mass is 269 g/mol. The fourth-order valence-electron chi connectivity index (χ4n) is 2.16. The lowest BCUT2D eigenvalue weighted by Gasteiger charge is -2.00. The number of ether oxygens (including phenoxy) is 1. The molecule has 0 radical (unpaired) electrons. The predicted octanol–water partition coefficient (Wildman–Crippen LogP) is 1.72. The molecular formula is C14H15N5O. The first-order valence-corrected chi connectivity index (χ1v) is 6.32. The van der Waals surface area contributed by atoms with Crippen molar-refractivity contribution < 1.29 is 4.74 Å². The van der Waals surface area contributed by atoms with Crippen molar-refractivity contribution in [3.63, 3.8) is 0 Å². The van der Waals surface area contributed by atoms with E-state index in [9.17, 15) is 0 Å². The highest BCUT2D eigenvalue weighted by atomic mass is 16.5. The Balaban J connectivity index is 2.21. The van der Waals surface area contributed by atoms with Crippen LogP contribution >= 0.6 is 0 Å². The van der Waals surface area contributed by atoms with E-state index in [-0.39, 0.29) is 0 Å². The minimum absolute atomic E-state index is 0.442. The smallest absolute Gasteiger partial charge is 0.164 e. The molecule has 6 nitrogen and oxygen atoms in total. The molecule has 3 aromatic rings. The lowest BCUT2D eigenvalue weighted by Crippen LogP contribution is -2.06. The second kappa shape index (κ2) is 5.26. The third-order valence-corrected chi connectivity index (χ3v) is 3.11. The van der Waals surface area contributed by atoms with Gasteiger partial charge in [0.15, 0.2) is 5.65 Å². The summed E-state index contributed by atoms with van der Waals surface area (Å²) < 4.78 is 6.91. The Bertz CT molecular complexity index is 723. The van der Waals surface area contributed by atoms with E-state index >= 15 is 0 Å². The minimum atomic E-state index is 0.442. The molecule has 0 spiro atoms. The molecule has 20 heavy (non-hydrogen) atoms. The third-order valence-electron chi connectivity index (χ3n) is 3.11. The van der Waals surface area contributed by atoms with Crippen LogP contribution in [0.3, 0.4) is 0 Å². The van der Waals surface area contributed by atoms with Crippen molar-refractivity contribution >= 4 is 16.9 Å². The van der Waals surface area contributed by atoms with E-state index in [0.29, 0.717) is 19.0 Å². The second-order valence-electron chi connectivity index (χ2n) is 4.39. The third kappa shape index (κ3) is 2.10. The van der Waals surface area contributed by atoms with Crippen molar-refractivity contribution in [3.05, 3.63) is 36.7 Å². The summed E-state index contributed by atoms with van der Waals surface area (Å²) in [6.45, 7) is 1.19. The molecule has 6 heteroatoms. The van der Waals surface area contributed by atoms with Crippen molar-refractivity contribution in [2.45, 2.75) is 6.54 Å². The van der Waals surface area contributed by atoms with Crippen molar-refractivity contribution in [1.82, 2.24) is 19.7 Å². The van der Waals surface area contributed by atoms with Gasteiger partial charge in [0.2, 0.25) is 0 Å². The second-order valence-corrected chi connectivity index (χ2v) is 4.39. The topological polar surface area (TPSA) is 78.9 Å². The molecule has 1 aromatic carbocycles. The van der Waals surface area contributed by atoms with Crippen molar-refractivity contribution in [3.8, 4) is 11.3 Å². The molecule has 102 valence electrons. The van der Waals surface area contributed by atoms with E-state index in [4.69, 9.17) is 10.5 Å². The molecule has 0 bridgehead atoms. The molecule has 0 aliphatic rings. The van der Waals surface area contributed by atoms with Crippen LogP contribution in [-0.4, -0.2) is 33.5 Å². The number of aromatic nitrogens is 4. The highest BCUT2D eigenvalue weighted by Crippen LogP contribution is 2.29. The summed E-state index contributed by atoms with van der Waals surface area (Å²) in [5.74, 6) is 0.442. The van der Waals surface area contributed by atoms with Gasteiger partial charge < -0.3 is 10.5 Å². The molecule has 0 saturated heterocycles. The SMILES string of the molecule is COCCn1nc(-c2ccccc2)c2c(N)ncnc21. The van der Waals surface area contributed by atoms with Gasteiger partial charge in [-0.3, -0.25) is 0 Å². The number of hydrogen-bond donors (Lipinski definition) is 1. The largest absolute Gasteiger partial charge is 0.383 e. The van der Waals surface area contributed by atoms with Gasteiger partial charge in [-0.15, -0.1) is 0 Å². The summed E-state index contributed by atoms with van der Waals surface area (Å²) >= 11 is 0. The van der Waals surface area contributed by atoms with Crippen molar-refractivity contribution in [2.75, 3.05) is 19.5 Å². The Morgan fingerprint density at radius 2 is 2.00 bits per heavy atom. The molecule has 0 unspecified atom stereocenters. The number of hydrogen-bond acceptors (Lipinski definition) is 5. The van der Waals surface area contributed by atoms with E-state index < -0.39 is 0 Å². The summed E-state index contributed by atoms with van der Waals surface area (Å²) in [4.78, 5) is 8.36. The maximum Gasteiger partial charge on any atom is 0.164 e. The number of nitrogens with zero attached hydrogens (tertiary/aromatic N) is 4. The molecule has 0 aliphatic carbocycles. The maximum atomic E-state index is 6.00. The van der Waals surface area contributed by atoms with Crippen LogP contribution in [0, 0.1) is 0 Å². The van der Waals surface area contributed by atoms with Crippen LogP contribution in [0.25, 0.3) is 22.3 Å². The molecule has 0 fully saturated rings. The number of methoxy groups -OCH3 is 1. The Morgan fingerprint density at radius 3 is 2.75 bits per heavy atom. The number of fused-ring (bicyclic) bond motifs is 1. The molecule has 0 saturated carbocycles. The zero-order valence-corrected chi connectivity index (χ0v) is 11.2. The lowest BCUT2D eigenvalue weighted by atomic mass is 10.1. The Labute approximate surface area is 116 Å². The quantitative estimate of drug-likeness (QED) is 0.780. The summed E-state index contributed by atoms with van der Waals surface area (Å²) in [6, 6.07) is 9.89. The first-order valence-electron chi connectivity index (χ1n) is 6.32. The zero-order chi connectivity index (χ0) is 13.9. The summed E-state index contributed by atoms with van der Waals surface area (Å²) in [7, 11) is 1.66. The zero-order valence-electron chi connectivity index (χ0n) is 11.2. The summed E-state index contributed by atoms with van der Waals surface area (Å²) in [5.41, 5.74) is 8.53. The molecular weight excluding hydrogens is 254 g/mol. The maximum absolute atomic E-state index is 6.00. The van der Waals surface area contributed by atoms with Gasteiger partial charge in [0.25, 0.3) is 0 Å². The van der Waals surface area contributed by atoms with Crippen LogP contribution in [0.2, 0.25) is 0 Å². The first-order chi connectivity index (χ1) is 9.81. The summed E-state index contributed by atoms with van der Waals surface area (Å²) in [6.07, 6.45) is 1.46. The Kier molecular flexibility index (Phi) is 3.30. The Hall–Kier alpha value is -2.47. The van der Waals surface area contributed by atoms with Crippen molar-refractivity contribution in [1.29, 1.82) is 0 Å². The van der Waals surface area contributed by atoms with Gasteiger partial charge in [0.1, 0.15) is 17.8 Å². The van der Waals surface area contributed by atoms with Crippen LogP contribution in [0.5, 0.6) is 0 Å². The number of benzene rings is 1. The van der Waals surface area contributed by atoms with E-state index in [2.05, 4.69) is 15.1 Å². The average Bonchev–Trinajstić information content (AvgIpc) is 2.86. The van der Waals surface area contributed by atoms with Gasteiger partial charge in [-0.1, -0.05) is 30.3 Å². The molecule has 2 N–H and O–H groups in total. The molecule has 3 rings (SSSR count). The van der Waals surface area contributed by atoms with Crippen LogP contribution in [0.15, 0.2) is 36.7 Å². The van der Waals surface area contributed by atoms with Gasteiger partial charge in [-0.2, -0.15) is 5.10 Å². The van der Waals surface area contributed by atoms with E-state index in [1.54, 1.807) is 11.8 Å². The molecule has 2 aromatic heterocycles. The standard InChI is InChI=1S/C14H15N5O/c1-20-8-7-19-14-11(13(15)16-9-17-14)12(18-19)10-5-3-2-4-6-10/h2-6,9H,7-8H2,1H3,(H2,15,16,17). The number of nitrogens with two attached hydrogens (primary N) is 1. The molecule has 2 heterocycles. The number of anilines is 1. The van der Waals surface area contributed by atoms with E-state index in [0.717, 1.165) is 22.3 Å². The lowest BCUT2D eigenvalue weighted by molar-refractivity contribution is 0.184. The number of nitrogen functional groups attached to an aromatic ring is 1. The molecule has 0 atom stereocenters. The highest BCUT2D eigenvalue weighted by molar-refractivity contribution is 5.98. The minimum Gasteiger partial charge on any atom is -0.383 e. The molecule has 0 amide bonds. The normalized spacial score (nSPS) is 11.1. The Morgan fingerprint density at radius 1 is 1.20 bits per heavy atom. The average molecular weight is 269 g/mol. The summed E-state index contributed by atoms with van der Waals surface area (Å²) in [5, 5.41) is 5.40. The number of rotatable bonds is 4. The van der Waals surface area contributed by atoms with E-state index in [1.807, 2.05) is 30.3 Å². The van der Waals surface area contributed by atoms with Crippen LogP contribution in [0.4, 0.5) is 5.82 Å². The molecule has 0 aliphatic heterocycles. The fourth-order valence-corrected chi connectivity index (χ4v) is 2.16. The van der Waals surface area contributed by atoms with Gasteiger partial charge in [0.05, 0.1) is 18.5 Å². The van der Waals surface area contributed by atoms with Gasteiger partial charge in [0, 0.05) is 12.7 Å². The predicted molar refractivity (Wildman–Crippen MR) is 77.0 cm³/mol. The van der Waals surface area contributed by atoms with Crippen LogP contribution in [0.1, 0.15) is 0 Å². The van der Waals surface area contributed by atoms with Gasteiger partial charge >= 0.3 is 0 Å². The van der Waals surface area contributed by atoms with Crippen LogP contribution in [-0.2, 0) is 11.3 Å². The van der Waals surface area contributed by atoms with Gasteiger partial charge in [-0.05, 0) is 0 Å².